The Labute approximate surface area is 95.3 Å². The number of halogens is 4. The second-order valence-corrected chi connectivity index (χ2v) is 4.00. The van der Waals surface area contributed by atoms with E-state index in [-0.39, 0.29) is 10.8 Å². The maximum absolute atomic E-state index is 12.0. The van der Waals surface area contributed by atoms with Crippen molar-refractivity contribution >= 4 is 11.6 Å². The Morgan fingerprint density at radius 2 is 2.00 bits per heavy atom. The van der Waals surface area contributed by atoms with Crippen molar-refractivity contribution in [3.8, 4) is 5.75 Å². The first-order chi connectivity index (χ1) is 7.46. The van der Waals surface area contributed by atoms with Crippen molar-refractivity contribution in [2.75, 3.05) is 13.1 Å². The topological polar surface area (TPSA) is 21.3 Å². The zero-order valence-corrected chi connectivity index (χ0v) is 8.90. The van der Waals surface area contributed by atoms with Gasteiger partial charge in [0.15, 0.2) is 0 Å². The summed E-state index contributed by atoms with van der Waals surface area (Å²) >= 11 is 5.72. The summed E-state index contributed by atoms with van der Waals surface area (Å²) in [5.74, 6) is -0.0253. The minimum Gasteiger partial charge on any atom is -0.404 e. The van der Waals surface area contributed by atoms with Crippen molar-refractivity contribution in [1.29, 1.82) is 0 Å². The van der Waals surface area contributed by atoms with Crippen molar-refractivity contribution in [3.05, 3.63) is 28.8 Å². The molecule has 1 heterocycles. The average molecular weight is 252 g/mol. The monoisotopic (exact) mass is 251 g/mol. The van der Waals surface area contributed by atoms with E-state index in [1.165, 1.54) is 12.1 Å². The van der Waals surface area contributed by atoms with Crippen LogP contribution in [0, 0.1) is 0 Å². The van der Waals surface area contributed by atoms with Crippen molar-refractivity contribution in [2.24, 2.45) is 0 Å². The standard InChI is InChI=1S/C10H9ClF3NO/c11-8-3-6(7-4-15-5-7)1-2-9(8)16-10(12,13)14/h1-3,7,15H,4-5H2. The van der Waals surface area contributed by atoms with Crippen LogP contribution in [0.15, 0.2) is 18.2 Å². The van der Waals surface area contributed by atoms with E-state index in [1.807, 2.05) is 0 Å². The van der Waals surface area contributed by atoms with Crippen molar-refractivity contribution in [2.45, 2.75) is 12.3 Å². The van der Waals surface area contributed by atoms with Crippen molar-refractivity contribution in [1.82, 2.24) is 5.32 Å². The van der Waals surface area contributed by atoms with Gasteiger partial charge in [0.25, 0.3) is 0 Å². The largest absolute Gasteiger partial charge is 0.573 e. The van der Waals surface area contributed by atoms with Crippen LogP contribution >= 0.6 is 11.6 Å². The van der Waals surface area contributed by atoms with E-state index in [1.54, 1.807) is 6.07 Å². The molecular formula is C10H9ClF3NO. The van der Waals surface area contributed by atoms with Crippen LogP contribution in [-0.2, 0) is 0 Å². The second-order valence-electron chi connectivity index (χ2n) is 3.59. The highest BCUT2D eigenvalue weighted by atomic mass is 35.5. The number of nitrogens with one attached hydrogen (secondary N) is 1. The lowest BCUT2D eigenvalue weighted by Crippen LogP contribution is -2.39. The Morgan fingerprint density at radius 1 is 1.31 bits per heavy atom. The molecule has 1 N–H and O–H groups in total. The summed E-state index contributed by atoms with van der Waals surface area (Å²) in [7, 11) is 0. The molecule has 0 aliphatic carbocycles. The molecule has 1 aliphatic rings. The Hall–Kier alpha value is -0.940. The predicted molar refractivity (Wildman–Crippen MR) is 53.7 cm³/mol. The molecule has 0 atom stereocenters. The van der Waals surface area contributed by atoms with Gasteiger partial charge >= 0.3 is 6.36 Å². The number of hydrogen-bond acceptors (Lipinski definition) is 2. The number of benzene rings is 1. The van der Waals surface area contributed by atoms with Crippen LogP contribution in [0.3, 0.4) is 0 Å². The molecule has 6 heteroatoms. The number of alkyl halides is 3. The normalized spacial score (nSPS) is 17.0. The minimum atomic E-state index is -4.71. The van der Waals surface area contributed by atoms with Crippen LogP contribution in [0.2, 0.25) is 5.02 Å². The number of ether oxygens (including phenoxy) is 1. The highest BCUT2D eigenvalue weighted by Gasteiger charge is 2.32. The Kier molecular flexibility index (Phi) is 2.99. The van der Waals surface area contributed by atoms with Crippen LogP contribution < -0.4 is 10.1 Å². The predicted octanol–water partition coefficient (Wildman–Crippen LogP) is 2.93. The van der Waals surface area contributed by atoms with Gasteiger partial charge in [0.1, 0.15) is 5.75 Å². The highest BCUT2D eigenvalue weighted by molar-refractivity contribution is 6.32. The molecule has 0 amide bonds. The van der Waals surface area contributed by atoms with E-state index >= 15 is 0 Å². The van der Waals surface area contributed by atoms with E-state index in [0.717, 1.165) is 18.7 Å². The molecule has 0 spiro atoms. The van der Waals surface area contributed by atoms with Crippen molar-refractivity contribution in [3.63, 3.8) is 0 Å². The van der Waals surface area contributed by atoms with Gasteiger partial charge < -0.3 is 10.1 Å². The number of hydrogen-bond donors (Lipinski definition) is 1. The van der Waals surface area contributed by atoms with Gasteiger partial charge in [-0.3, -0.25) is 0 Å². The van der Waals surface area contributed by atoms with E-state index in [2.05, 4.69) is 10.1 Å². The molecule has 0 aromatic heterocycles. The fraction of sp³-hybridized carbons (Fsp3) is 0.400. The molecule has 2 rings (SSSR count). The summed E-state index contributed by atoms with van der Waals surface area (Å²) in [6.45, 7) is 1.66. The summed E-state index contributed by atoms with van der Waals surface area (Å²) < 4.78 is 39.7. The first-order valence-electron chi connectivity index (χ1n) is 4.71. The summed E-state index contributed by atoms with van der Waals surface area (Å²) in [6, 6.07) is 4.38. The maximum Gasteiger partial charge on any atom is 0.573 e. The molecule has 1 aliphatic heterocycles. The van der Waals surface area contributed by atoms with Crippen LogP contribution in [0.1, 0.15) is 11.5 Å². The summed E-state index contributed by atoms with van der Waals surface area (Å²) in [5, 5.41) is 3.07. The van der Waals surface area contributed by atoms with Gasteiger partial charge in [-0.2, -0.15) is 0 Å². The molecule has 0 unspecified atom stereocenters. The van der Waals surface area contributed by atoms with Crippen LogP contribution in [0.25, 0.3) is 0 Å². The zero-order chi connectivity index (χ0) is 11.8. The molecule has 0 radical (unpaired) electrons. The summed E-state index contributed by atoms with van der Waals surface area (Å²) in [4.78, 5) is 0. The molecule has 88 valence electrons. The van der Waals surface area contributed by atoms with E-state index in [0.29, 0.717) is 5.92 Å². The average Bonchev–Trinajstić information content (AvgIpc) is 2.04. The third-order valence-electron chi connectivity index (χ3n) is 2.43. The van der Waals surface area contributed by atoms with Crippen LogP contribution in [0.4, 0.5) is 13.2 Å². The molecule has 16 heavy (non-hydrogen) atoms. The Bertz CT molecular complexity index is 390. The molecule has 2 nitrogen and oxygen atoms in total. The van der Waals surface area contributed by atoms with E-state index in [4.69, 9.17) is 11.6 Å². The molecule has 1 fully saturated rings. The summed E-state index contributed by atoms with van der Waals surface area (Å²) in [5.41, 5.74) is 0.929. The highest BCUT2D eigenvalue weighted by Crippen LogP contribution is 2.33. The fourth-order valence-electron chi connectivity index (χ4n) is 1.50. The molecule has 1 aromatic carbocycles. The number of rotatable bonds is 2. The van der Waals surface area contributed by atoms with Gasteiger partial charge in [-0.05, 0) is 17.7 Å². The van der Waals surface area contributed by atoms with E-state index in [9.17, 15) is 13.2 Å². The van der Waals surface area contributed by atoms with Gasteiger partial charge in [-0.15, -0.1) is 13.2 Å². The third kappa shape index (κ3) is 2.59. The minimum absolute atomic E-state index is 0.0123. The van der Waals surface area contributed by atoms with Crippen molar-refractivity contribution < 1.29 is 17.9 Å². The van der Waals surface area contributed by atoms with Gasteiger partial charge in [0.2, 0.25) is 0 Å². The first kappa shape index (κ1) is 11.5. The first-order valence-corrected chi connectivity index (χ1v) is 5.09. The lowest BCUT2D eigenvalue weighted by Gasteiger charge is -2.27. The van der Waals surface area contributed by atoms with Crippen LogP contribution in [-0.4, -0.2) is 19.5 Å². The zero-order valence-electron chi connectivity index (χ0n) is 8.14. The molecular weight excluding hydrogens is 243 g/mol. The summed E-state index contributed by atoms with van der Waals surface area (Å²) in [6.07, 6.45) is -4.71. The van der Waals surface area contributed by atoms with Gasteiger partial charge in [0, 0.05) is 19.0 Å². The molecule has 1 saturated heterocycles. The maximum atomic E-state index is 12.0. The smallest absolute Gasteiger partial charge is 0.404 e. The van der Waals surface area contributed by atoms with Gasteiger partial charge in [0.05, 0.1) is 5.02 Å². The molecule has 1 aromatic rings. The SMILES string of the molecule is FC(F)(F)Oc1ccc(C2CNC2)cc1Cl. The van der Waals surface area contributed by atoms with E-state index < -0.39 is 6.36 Å². The Morgan fingerprint density at radius 3 is 2.44 bits per heavy atom. The lowest BCUT2D eigenvalue weighted by atomic mass is 9.94. The quantitative estimate of drug-likeness (QED) is 0.873. The van der Waals surface area contributed by atoms with Crippen LogP contribution in [0.5, 0.6) is 5.75 Å². The lowest BCUT2D eigenvalue weighted by molar-refractivity contribution is -0.274. The van der Waals surface area contributed by atoms with Gasteiger partial charge in [-0.1, -0.05) is 17.7 Å². The molecule has 0 bridgehead atoms. The Balaban J connectivity index is 2.16. The molecule has 0 saturated carbocycles. The third-order valence-corrected chi connectivity index (χ3v) is 2.73. The fourth-order valence-corrected chi connectivity index (χ4v) is 1.73. The second kappa shape index (κ2) is 4.14. The van der Waals surface area contributed by atoms with Gasteiger partial charge in [-0.25, -0.2) is 0 Å².